The monoisotopic (exact) mass is 326 g/mol. The predicted octanol–water partition coefficient (Wildman–Crippen LogP) is 3.75. The van der Waals surface area contributed by atoms with Gasteiger partial charge in [0.25, 0.3) is 5.91 Å². The van der Waals surface area contributed by atoms with E-state index in [1.807, 2.05) is 38.1 Å². The number of para-hydroxylation sites is 1. The van der Waals surface area contributed by atoms with Crippen molar-refractivity contribution in [2.75, 3.05) is 10.6 Å². The molecule has 24 heavy (non-hydrogen) atoms. The quantitative estimate of drug-likeness (QED) is 0.849. The van der Waals surface area contributed by atoms with E-state index < -0.39 is 6.10 Å². The van der Waals surface area contributed by atoms with Crippen molar-refractivity contribution in [3.05, 3.63) is 54.1 Å². The second kappa shape index (κ2) is 8.15. The first-order chi connectivity index (χ1) is 11.5. The average Bonchev–Trinajstić information content (AvgIpc) is 2.55. The Labute approximate surface area is 142 Å². The van der Waals surface area contributed by atoms with Crippen molar-refractivity contribution < 1.29 is 14.3 Å². The minimum Gasteiger partial charge on any atom is -0.480 e. The van der Waals surface area contributed by atoms with E-state index in [-0.39, 0.29) is 11.8 Å². The lowest BCUT2D eigenvalue weighted by Gasteiger charge is -2.18. The summed E-state index contributed by atoms with van der Waals surface area (Å²) < 4.78 is 5.84. The maximum atomic E-state index is 12.4. The molecule has 5 heteroatoms. The molecule has 2 N–H and O–H groups in total. The minimum absolute atomic E-state index is 0.135. The van der Waals surface area contributed by atoms with Crippen LogP contribution >= 0.6 is 0 Å². The van der Waals surface area contributed by atoms with Crippen LogP contribution in [-0.2, 0) is 9.59 Å². The van der Waals surface area contributed by atoms with Crippen molar-refractivity contribution >= 4 is 23.2 Å². The van der Waals surface area contributed by atoms with Crippen LogP contribution in [0.4, 0.5) is 11.4 Å². The summed E-state index contributed by atoms with van der Waals surface area (Å²) in [7, 11) is 0. The fraction of sp³-hybridized carbons (Fsp3) is 0.263. The molecule has 2 rings (SSSR count). The fourth-order valence-electron chi connectivity index (χ4n) is 2.23. The van der Waals surface area contributed by atoms with Gasteiger partial charge in [-0.2, -0.15) is 0 Å². The smallest absolute Gasteiger partial charge is 0.265 e. The molecule has 0 aromatic heterocycles. The third-order valence-corrected chi connectivity index (χ3v) is 3.50. The molecule has 0 saturated carbocycles. The summed E-state index contributed by atoms with van der Waals surface area (Å²) in [5, 5.41) is 5.52. The van der Waals surface area contributed by atoms with Crippen LogP contribution in [0, 0.1) is 6.92 Å². The number of nitrogens with one attached hydrogen (secondary N) is 2. The second-order valence-corrected chi connectivity index (χ2v) is 5.53. The molecule has 0 fully saturated rings. The van der Waals surface area contributed by atoms with Gasteiger partial charge in [0.15, 0.2) is 6.10 Å². The Kier molecular flexibility index (Phi) is 5.95. The number of carbonyl (C=O) groups is 2. The number of hydrogen-bond acceptors (Lipinski definition) is 3. The maximum absolute atomic E-state index is 12.4. The molecule has 2 amide bonds. The summed E-state index contributed by atoms with van der Waals surface area (Å²) in [6.45, 7) is 5.30. The predicted molar refractivity (Wildman–Crippen MR) is 95.3 cm³/mol. The Hall–Kier alpha value is -2.82. The van der Waals surface area contributed by atoms with Gasteiger partial charge in [0, 0.05) is 18.3 Å². The highest BCUT2D eigenvalue weighted by Gasteiger charge is 2.19. The fourth-order valence-corrected chi connectivity index (χ4v) is 2.23. The SMILES string of the molecule is CCC(Oc1ccccc1C)C(=O)Nc1ccc(NC(C)=O)cc1. The van der Waals surface area contributed by atoms with Crippen molar-refractivity contribution in [1.29, 1.82) is 0 Å². The summed E-state index contributed by atoms with van der Waals surface area (Å²) in [5.41, 5.74) is 2.33. The van der Waals surface area contributed by atoms with E-state index in [0.717, 1.165) is 5.56 Å². The molecule has 0 radical (unpaired) electrons. The van der Waals surface area contributed by atoms with Crippen LogP contribution in [-0.4, -0.2) is 17.9 Å². The first-order valence-electron chi connectivity index (χ1n) is 7.90. The van der Waals surface area contributed by atoms with Crippen LogP contribution in [0.2, 0.25) is 0 Å². The van der Waals surface area contributed by atoms with E-state index in [1.54, 1.807) is 24.3 Å². The first-order valence-corrected chi connectivity index (χ1v) is 7.90. The molecule has 0 aliphatic carbocycles. The van der Waals surface area contributed by atoms with Crippen LogP contribution in [0.5, 0.6) is 5.75 Å². The number of carbonyl (C=O) groups excluding carboxylic acids is 2. The third-order valence-electron chi connectivity index (χ3n) is 3.50. The van der Waals surface area contributed by atoms with Gasteiger partial charge in [-0.15, -0.1) is 0 Å². The van der Waals surface area contributed by atoms with E-state index >= 15 is 0 Å². The minimum atomic E-state index is -0.568. The maximum Gasteiger partial charge on any atom is 0.265 e. The zero-order chi connectivity index (χ0) is 17.5. The van der Waals surface area contributed by atoms with Crippen LogP contribution in [0.25, 0.3) is 0 Å². The van der Waals surface area contributed by atoms with Crippen LogP contribution in [0.3, 0.4) is 0 Å². The zero-order valence-corrected chi connectivity index (χ0v) is 14.1. The van der Waals surface area contributed by atoms with Crippen molar-refractivity contribution in [2.24, 2.45) is 0 Å². The van der Waals surface area contributed by atoms with Gasteiger partial charge < -0.3 is 15.4 Å². The molecule has 0 bridgehead atoms. The molecule has 2 aromatic carbocycles. The number of anilines is 2. The molecule has 0 heterocycles. The van der Waals surface area contributed by atoms with Gasteiger partial charge in [-0.05, 0) is 49.2 Å². The largest absolute Gasteiger partial charge is 0.480 e. The number of hydrogen-bond donors (Lipinski definition) is 2. The summed E-state index contributed by atoms with van der Waals surface area (Å²) in [4.78, 5) is 23.4. The van der Waals surface area contributed by atoms with Gasteiger partial charge in [0.1, 0.15) is 5.75 Å². The second-order valence-electron chi connectivity index (χ2n) is 5.53. The number of amides is 2. The van der Waals surface area contributed by atoms with Crippen molar-refractivity contribution in [2.45, 2.75) is 33.3 Å². The Bertz CT molecular complexity index is 711. The van der Waals surface area contributed by atoms with Gasteiger partial charge in [-0.25, -0.2) is 0 Å². The molecular formula is C19H22N2O3. The summed E-state index contributed by atoms with van der Waals surface area (Å²) in [6, 6.07) is 14.6. The molecule has 0 aliphatic heterocycles. The lowest BCUT2D eigenvalue weighted by molar-refractivity contribution is -0.122. The van der Waals surface area contributed by atoms with E-state index in [0.29, 0.717) is 23.5 Å². The number of rotatable bonds is 6. The van der Waals surface area contributed by atoms with Crippen molar-refractivity contribution in [3.63, 3.8) is 0 Å². The van der Waals surface area contributed by atoms with Gasteiger partial charge in [0.05, 0.1) is 0 Å². The molecule has 0 spiro atoms. The van der Waals surface area contributed by atoms with E-state index in [4.69, 9.17) is 4.74 Å². The normalized spacial score (nSPS) is 11.5. The Morgan fingerprint density at radius 3 is 2.12 bits per heavy atom. The van der Waals surface area contributed by atoms with Crippen LogP contribution in [0.1, 0.15) is 25.8 Å². The molecular weight excluding hydrogens is 304 g/mol. The van der Waals surface area contributed by atoms with Gasteiger partial charge in [0.2, 0.25) is 5.91 Å². The number of ether oxygens (including phenoxy) is 1. The lowest BCUT2D eigenvalue weighted by Crippen LogP contribution is -2.32. The van der Waals surface area contributed by atoms with Crippen molar-refractivity contribution in [1.82, 2.24) is 0 Å². The highest BCUT2D eigenvalue weighted by Crippen LogP contribution is 2.20. The van der Waals surface area contributed by atoms with Gasteiger partial charge in [-0.3, -0.25) is 9.59 Å². The Morgan fingerprint density at radius 1 is 1.00 bits per heavy atom. The summed E-state index contributed by atoms with van der Waals surface area (Å²) in [6.07, 6.45) is -0.00874. The Balaban J connectivity index is 2.01. The van der Waals surface area contributed by atoms with E-state index in [9.17, 15) is 9.59 Å². The zero-order valence-electron chi connectivity index (χ0n) is 14.1. The van der Waals surface area contributed by atoms with Crippen LogP contribution in [0.15, 0.2) is 48.5 Å². The summed E-state index contributed by atoms with van der Waals surface area (Å²) in [5.74, 6) is 0.373. The van der Waals surface area contributed by atoms with Gasteiger partial charge in [-0.1, -0.05) is 25.1 Å². The molecule has 1 unspecified atom stereocenters. The molecule has 0 saturated heterocycles. The molecule has 0 aliphatic rings. The molecule has 1 atom stereocenters. The van der Waals surface area contributed by atoms with Gasteiger partial charge >= 0.3 is 0 Å². The van der Waals surface area contributed by atoms with E-state index in [2.05, 4.69) is 10.6 Å². The topological polar surface area (TPSA) is 67.4 Å². The standard InChI is InChI=1S/C19H22N2O3/c1-4-17(24-18-8-6-5-7-13(18)2)19(23)21-16-11-9-15(10-12-16)20-14(3)22/h5-12,17H,4H2,1-3H3,(H,20,22)(H,21,23). The average molecular weight is 326 g/mol. The Morgan fingerprint density at radius 2 is 1.58 bits per heavy atom. The number of aryl methyl sites for hydroxylation is 1. The first kappa shape index (κ1) is 17.5. The highest BCUT2D eigenvalue weighted by molar-refractivity contribution is 5.95. The molecule has 2 aromatic rings. The highest BCUT2D eigenvalue weighted by atomic mass is 16.5. The third kappa shape index (κ3) is 4.84. The van der Waals surface area contributed by atoms with Crippen molar-refractivity contribution in [3.8, 4) is 5.75 Å². The lowest BCUT2D eigenvalue weighted by atomic mass is 10.2. The van der Waals surface area contributed by atoms with Crippen LogP contribution < -0.4 is 15.4 Å². The van der Waals surface area contributed by atoms with E-state index in [1.165, 1.54) is 6.92 Å². The molecule has 5 nitrogen and oxygen atoms in total. The molecule has 126 valence electrons. The number of benzene rings is 2. The summed E-state index contributed by atoms with van der Waals surface area (Å²) >= 11 is 0.